The Morgan fingerprint density at radius 3 is 2.02 bits per heavy atom. The summed E-state index contributed by atoms with van der Waals surface area (Å²) in [7, 11) is 0. The maximum absolute atomic E-state index is 12.2. The first-order valence-corrected chi connectivity index (χ1v) is 13.7. The molecular formula is C28H29N3O10S. The zero-order valence-electron chi connectivity index (χ0n) is 23.2. The van der Waals surface area contributed by atoms with Crippen molar-refractivity contribution in [2.75, 3.05) is 6.61 Å². The predicted octanol–water partition coefficient (Wildman–Crippen LogP) is 2.82. The van der Waals surface area contributed by atoms with Crippen LogP contribution < -0.4 is 0 Å². The number of ether oxygens (including phenoxy) is 5. The first-order chi connectivity index (χ1) is 20.0. The van der Waals surface area contributed by atoms with Gasteiger partial charge in [-0.1, -0.05) is 30.3 Å². The molecular weight excluding hydrogens is 570 g/mol. The van der Waals surface area contributed by atoms with Gasteiger partial charge in [0.2, 0.25) is 0 Å². The van der Waals surface area contributed by atoms with Crippen molar-refractivity contribution < 1.29 is 48.0 Å². The summed E-state index contributed by atoms with van der Waals surface area (Å²) in [5.74, 6) is -2.51. The Morgan fingerprint density at radius 2 is 1.40 bits per heavy atom. The summed E-state index contributed by atoms with van der Waals surface area (Å²) < 4.78 is 29.6. The van der Waals surface area contributed by atoms with Gasteiger partial charge in [-0.2, -0.15) is 0 Å². The Hall–Kier alpha value is -4.43. The highest BCUT2D eigenvalue weighted by atomic mass is 32.2. The lowest BCUT2D eigenvalue weighted by Gasteiger charge is -2.43. The number of esters is 4. The van der Waals surface area contributed by atoms with Gasteiger partial charge in [0.25, 0.3) is 0 Å². The van der Waals surface area contributed by atoms with E-state index in [4.69, 9.17) is 23.7 Å². The highest BCUT2D eigenvalue weighted by molar-refractivity contribution is 7.99. The number of rotatable bonds is 9. The fourth-order valence-corrected chi connectivity index (χ4v) is 5.52. The van der Waals surface area contributed by atoms with Crippen molar-refractivity contribution in [2.45, 2.75) is 62.7 Å². The fraction of sp³-hybridized carbons (Fsp3) is 0.357. The number of nitrogens with zero attached hydrogens (tertiary/aromatic N) is 3. The largest absolute Gasteiger partial charge is 0.507 e. The van der Waals surface area contributed by atoms with Crippen LogP contribution >= 0.6 is 11.8 Å². The average Bonchev–Trinajstić information content (AvgIpc) is 3.34. The topological polar surface area (TPSA) is 165 Å². The Balaban J connectivity index is 1.81. The van der Waals surface area contributed by atoms with E-state index >= 15 is 0 Å². The van der Waals surface area contributed by atoms with Crippen LogP contribution in [0.15, 0.2) is 59.8 Å². The van der Waals surface area contributed by atoms with Gasteiger partial charge < -0.3 is 28.8 Å². The van der Waals surface area contributed by atoms with Gasteiger partial charge in [0.1, 0.15) is 18.5 Å². The SMILES string of the molecule is CC(=O)OC[C@H]1O[C@@H](Sc2nnc(-c3ccccc3O)n2-c2ccccc2)[C@H](OC(C)=O)[C@@H](OC(C)=O)[C@@H]1OC(C)=O. The Morgan fingerprint density at radius 1 is 0.810 bits per heavy atom. The molecule has 222 valence electrons. The molecule has 1 aliphatic heterocycles. The highest BCUT2D eigenvalue weighted by Crippen LogP contribution is 2.39. The van der Waals surface area contributed by atoms with E-state index in [-0.39, 0.29) is 17.5 Å². The van der Waals surface area contributed by atoms with E-state index in [1.54, 1.807) is 22.8 Å². The number of para-hydroxylation sites is 2. The third-order valence-corrected chi connectivity index (χ3v) is 7.05. The molecule has 1 fully saturated rings. The van der Waals surface area contributed by atoms with Crippen LogP contribution in [-0.2, 0) is 42.9 Å². The monoisotopic (exact) mass is 599 g/mol. The molecule has 0 spiro atoms. The third kappa shape index (κ3) is 7.25. The number of carbonyl (C=O) groups is 4. The van der Waals surface area contributed by atoms with Crippen LogP contribution in [0.3, 0.4) is 0 Å². The van der Waals surface area contributed by atoms with E-state index in [1.165, 1.54) is 19.9 Å². The normalized spacial score (nSPS) is 21.7. The van der Waals surface area contributed by atoms with Gasteiger partial charge in [0.15, 0.2) is 34.7 Å². The molecule has 1 saturated heterocycles. The molecule has 0 radical (unpaired) electrons. The van der Waals surface area contributed by atoms with Gasteiger partial charge in [0, 0.05) is 33.4 Å². The van der Waals surface area contributed by atoms with Crippen LogP contribution in [0.2, 0.25) is 0 Å². The fourth-order valence-electron chi connectivity index (χ4n) is 4.38. The number of hydrogen-bond acceptors (Lipinski definition) is 13. The number of thioether (sulfide) groups is 1. The van der Waals surface area contributed by atoms with Gasteiger partial charge >= 0.3 is 23.9 Å². The first-order valence-electron chi connectivity index (χ1n) is 12.8. The molecule has 14 heteroatoms. The number of phenols is 1. The quantitative estimate of drug-likeness (QED) is 0.282. The molecule has 42 heavy (non-hydrogen) atoms. The summed E-state index contributed by atoms with van der Waals surface area (Å²) in [5.41, 5.74) is -0.0642. The lowest BCUT2D eigenvalue weighted by Crippen LogP contribution is -2.61. The van der Waals surface area contributed by atoms with Crippen LogP contribution in [0.25, 0.3) is 17.1 Å². The van der Waals surface area contributed by atoms with Gasteiger partial charge in [0.05, 0.1) is 5.56 Å². The van der Waals surface area contributed by atoms with Crippen molar-refractivity contribution in [3.63, 3.8) is 0 Å². The standard InChI is InChI=1S/C28H29N3O10S/c1-15(32)37-14-22-23(38-16(2)33)24(39-17(3)34)25(40-18(4)35)27(41-22)42-28-30-29-26(20-12-8-9-13-21(20)36)31(28)19-10-6-5-7-11-19/h5-13,22-25,27,36H,14H2,1-4H3/t22-,23-,24+,25-,27+/m1/s1. The molecule has 0 saturated carbocycles. The van der Waals surface area contributed by atoms with E-state index < -0.39 is 53.7 Å². The van der Waals surface area contributed by atoms with Crippen LogP contribution in [-0.4, -0.2) is 80.2 Å². The van der Waals surface area contributed by atoms with E-state index in [2.05, 4.69) is 10.2 Å². The summed E-state index contributed by atoms with van der Waals surface area (Å²) >= 11 is 0.983. The van der Waals surface area contributed by atoms with Crippen molar-refractivity contribution in [1.29, 1.82) is 0 Å². The molecule has 4 rings (SSSR count). The molecule has 1 aromatic heterocycles. The Kier molecular flexibility index (Phi) is 9.80. The molecule has 0 aliphatic carbocycles. The van der Waals surface area contributed by atoms with Crippen LogP contribution in [0.1, 0.15) is 27.7 Å². The van der Waals surface area contributed by atoms with Crippen molar-refractivity contribution in [3.05, 3.63) is 54.6 Å². The zero-order chi connectivity index (χ0) is 30.4. The summed E-state index contributed by atoms with van der Waals surface area (Å²) in [6, 6.07) is 15.7. The predicted molar refractivity (Wildman–Crippen MR) is 146 cm³/mol. The maximum atomic E-state index is 12.2. The lowest BCUT2D eigenvalue weighted by molar-refractivity contribution is -0.237. The number of benzene rings is 2. The summed E-state index contributed by atoms with van der Waals surface area (Å²) in [4.78, 5) is 48.0. The smallest absolute Gasteiger partial charge is 0.303 e. The molecule has 1 N–H and O–H groups in total. The van der Waals surface area contributed by atoms with E-state index in [9.17, 15) is 24.3 Å². The van der Waals surface area contributed by atoms with Gasteiger partial charge in [-0.25, -0.2) is 0 Å². The second-order valence-electron chi connectivity index (χ2n) is 9.18. The minimum absolute atomic E-state index is 0.0223. The van der Waals surface area contributed by atoms with Crippen LogP contribution in [0, 0.1) is 0 Å². The van der Waals surface area contributed by atoms with E-state index in [1.807, 2.05) is 30.3 Å². The second kappa shape index (κ2) is 13.5. The Bertz CT molecular complexity index is 1450. The molecule has 0 amide bonds. The summed E-state index contributed by atoms with van der Waals surface area (Å²) in [5, 5.41) is 19.5. The van der Waals surface area contributed by atoms with Gasteiger partial charge in [-0.15, -0.1) is 10.2 Å². The Labute approximate surface area is 245 Å². The maximum Gasteiger partial charge on any atom is 0.303 e. The minimum Gasteiger partial charge on any atom is -0.507 e. The number of aromatic hydroxyl groups is 1. The molecule has 3 aromatic rings. The van der Waals surface area contributed by atoms with Crippen molar-refractivity contribution in [3.8, 4) is 22.8 Å². The minimum atomic E-state index is -1.33. The van der Waals surface area contributed by atoms with E-state index in [0.717, 1.165) is 25.6 Å². The number of carbonyl (C=O) groups excluding carboxylic acids is 4. The molecule has 0 unspecified atom stereocenters. The summed E-state index contributed by atoms with van der Waals surface area (Å²) in [6.45, 7) is 4.31. The zero-order valence-corrected chi connectivity index (χ0v) is 24.0. The number of phenolic OH excluding ortho intramolecular Hbond substituents is 1. The average molecular weight is 600 g/mol. The molecule has 1 aliphatic rings. The number of aromatic nitrogens is 3. The van der Waals surface area contributed by atoms with E-state index in [0.29, 0.717) is 17.1 Å². The number of hydrogen-bond donors (Lipinski definition) is 1. The van der Waals surface area contributed by atoms with Crippen molar-refractivity contribution >= 4 is 35.6 Å². The van der Waals surface area contributed by atoms with Crippen molar-refractivity contribution in [1.82, 2.24) is 14.8 Å². The summed E-state index contributed by atoms with van der Waals surface area (Å²) in [6.07, 6.45) is -5.01. The van der Waals surface area contributed by atoms with Crippen molar-refractivity contribution in [2.24, 2.45) is 0 Å². The first kappa shape index (κ1) is 30.5. The molecule has 5 atom stereocenters. The molecule has 13 nitrogen and oxygen atoms in total. The molecule has 2 heterocycles. The lowest BCUT2D eigenvalue weighted by atomic mass is 9.99. The second-order valence-corrected chi connectivity index (χ2v) is 10.2. The van der Waals surface area contributed by atoms with Gasteiger partial charge in [-0.3, -0.25) is 23.7 Å². The highest BCUT2D eigenvalue weighted by Gasteiger charge is 2.53. The van der Waals surface area contributed by atoms with Crippen LogP contribution in [0.4, 0.5) is 0 Å². The van der Waals surface area contributed by atoms with Crippen LogP contribution in [0.5, 0.6) is 5.75 Å². The van der Waals surface area contributed by atoms with Gasteiger partial charge in [-0.05, 0) is 36.0 Å². The molecule has 0 bridgehead atoms. The molecule has 2 aromatic carbocycles. The third-order valence-electron chi connectivity index (χ3n) is 5.96.